The van der Waals surface area contributed by atoms with E-state index >= 15 is 0 Å². The number of aromatic nitrogens is 2. The molecule has 0 atom stereocenters. The van der Waals surface area contributed by atoms with Gasteiger partial charge in [0.1, 0.15) is 22.4 Å². The van der Waals surface area contributed by atoms with E-state index in [1.54, 1.807) is 0 Å². The summed E-state index contributed by atoms with van der Waals surface area (Å²) in [7, 11) is 0. The molecular weight excluding hydrogens is 252 g/mol. The van der Waals surface area contributed by atoms with Crippen molar-refractivity contribution in [2.24, 2.45) is 0 Å². The van der Waals surface area contributed by atoms with Crippen LogP contribution in [0.3, 0.4) is 0 Å². The van der Waals surface area contributed by atoms with Crippen molar-refractivity contribution in [3.05, 3.63) is 22.8 Å². The molecule has 0 radical (unpaired) electrons. The molecule has 0 saturated heterocycles. The van der Waals surface area contributed by atoms with Crippen molar-refractivity contribution >= 4 is 0 Å². The molecule has 3 heterocycles. The van der Waals surface area contributed by atoms with Crippen molar-refractivity contribution in [1.82, 2.24) is 9.97 Å². The molecular formula is C16H24N2O2. The van der Waals surface area contributed by atoms with E-state index in [-0.39, 0.29) is 0 Å². The third kappa shape index (κ3) is 1.67. The van der Waals surface area contributed by atoms with Crippen molar-refractivity contribution in [2.75, 3.05) is 0 Å². The number of hydrogen-bond donors (Lipinski definition) is 0. The van der Waals surface area contributed by atoms with Crippen LogP contribution in [0.1, 0.15) is 78.2 Å². The molecule has 0 aliphatic carbocycles. The molecule has 0 saturated carbocycles. The first-order valence-corrected chi connectivity index (χ1v) is 7.21. The summed E-state index contributed by atoms with van der Waals surface area (Å²) < 4.78 is 12.3. The lowest BCUT2D eigenvalue weighted by Gasteiger charge is -2.25. The fourth-order valence-corrected chi connectivity index (χ4v) is 3.58. The molecule has 2 aliphatic rings. The minimum atomic E-state index is -0.413. The monoisotopic (exact) mass is 276 g/mol. The van der Waals surface area contributed by atoms with Gasteiger partial charge in [0.15, 0.2) is 0 Å². The molecule has 0 bridgehead atoms. The molecule has 1 aromatic rings. The molecule has 0 aromatic carbocycles. The quantitative estimate of drug-likeness (QED) is 0.727. The van der Waals surface area contributed by atoms with Crippen LogP contribution in [-0.4, -0.2) is 9.97 Å². The number of hydrogen-bond acceptors (Lipinski definition) is 4. The van der Waals surface area contributed by atoms with Gasteiger partial charge in [-0.15, -0.1) is 0 Å². The molecule has 0 unspecified atom stereocenters. The molecule has 4 nitrogen and oxygen atoms in total. The van der Waals surface area contributed by atoms with Crippen LogP contribution in [-0.2, 0) is 31.9 Å². The summed E-state index contributed by atoms with van der Waals surface area (Å²) in [6.45, 7) is 16.4. The lowest BCUT2D eigenvalue weighted by atomic mass is 9.95. The zero-order valence-electron chi connectivity index (χ0n) is 13.7. The van der Waals surface area contributed by atoms with E-state index in [1.165, 1.54) is 0 Å². The van der Waals surface area contributed by atoms with Crippen LogP contribution in [0.15, 0.2) is 0 Å². The Hall–Kier alpha value is -1.00. The number of nitrogens with zero attached hydrogens (tertiary/aromatic N) is 2. The van der Waals surface area contributed by atoms with E-state index < -0.39 is 22.4 Å². The fourth-order valence-electron chi connectivity index (χ4n) is 3.58. The predicted molar refractivity (Wildman–Crippen MR) is 76.3 cm³/mol. The second kappa shape index (κ2) is 3.42. The van der Waals surface area contributed by atoms with Crippen molar-refractivity contribution in [2.45, 2.75) is 77.8 Å². The van der Waals surface area contributed by atoms with Crippen molar-refractivity contribution < 1.29 is 9.47 Å². The SMILES string of the molecule is CC1(C)OC(C)(C)c2nc3c(nc21)C(C)(C)OC3(C)C. The van der Waals surface area contributed by atoms with E-state index in [0.29, 0.717) is 0 Å². The highest BCUT2D eigenvalue weighted by atomic mass is 16.5. The molecule has 2 aliphatic heterocycles. The summed E-state index contributed by atoms with van der Waals surface area (Å²) in [5, 5.41) is 0. The molecule has 0 N–H and O–H groups in total. The van der Waals surface area contributed by atoms with E-state index in [9.17, 15) is 0 Å². The Balaban J connectivity index is 2.32. The second-order valence-corrected chi connectivity index (χ2v) is 7.86. The highest BCUT2D eigenvalue weighted by Crippen LogP contribution is 2.50. The van der Waals surface area contributed by atoms with Crippen LogP contribution < -0.4 is 0 Å². The largest absolute Gasteiger partial charge is 0.357 e. The van der Waals surface area contributed by atoms with Crippen molar-refractivity contribution in [1.29, 1.82) is 0 Å². The highest BCUT2D eigenvalue weighted by Gasteiger charge is 2.52. The lowest BCUT2D eigenvalue weighted by Crippen LogP contribution is -2.25. The average Bonchev–Trinajstić information content (AvgIpc) is 2.52. The van der Waals surface area contributed by atoms with E-state index in [1.807, 2.05) is 0 Å². The van der Waals surface area contributed by atoms with Crippen LogP contribution in [0.25, 0.3) is 0 Å². The van der Waals surface area contributed by atoms with Gasteiger partial charge in [-0.25, -0.2) is 9.97 Å². The zero-order chi connectivity index (χ0) is 15.1. The minimum Gasteiger partial charge on any atom is -0.357 e. The van der Waals surface area contributed by atoms with Crippen molar-refractivity contribution in [3.63, 3.8) is 0 Å². The van der Waals surface area contributed by atoms with Gasteiger partial charge in [-0.1, -0.05) is 0 Å². The molecule has 0 spiro atoms. The fraction of sp³-hybridized carbons (Fsp3) is 0.750. The summed E-state index contributed by atoms with van der Waals surface area (Å²) in [5.74, 6) is 0. The first-order valence-electron chi connectivity index (χ1n) is 7.21. The van der Waals surface area contributed by atoms with Gasteiger partial charge in [-0.05, 0) is 55.4 Å². The molecule has 1 aromatic heterocycles. The van der Waals surface area contributed by atoms with Crippen LogP contribution in [0.5, 0.6) is 0 Å². The maximum atomic E-state index is 6.16. The van der Waals surface area contributed by atoms with Gasteiger partial charge in [-0.3, -0.25) is 0 Å². The van der Waals surface area contributed by atoms with Gasteiger partial charge in [0, 0.05) is 0 Å². The summed E-state index contributed by atoms with van der Waals surface area (Å²) in [6.07, 6.45) is 0. The Labute approximate surface area is 120 Å². The third-order valence-electron chi connectivity index (χ3n) is 4.20. The van der Waals surface area contributed by atoms with Gasteiger partial charge in [0.2, 0.25) is 0 Å². The first-order chi connectivity index (χ1) is 8.87. The summed E-state index contributed by atoms with van der Waals surface area (Å²) in [5.41, 5.74) is 2.11. The topological polar surface area (TPSA) is 44.2 Å². The Morgan fingerprint density at radius 1 is 0.500 bits per heavy atom. The van der Waals surface area contributed by atoms with Gasteiger partial charge >= 0.3 is 0 Å². The average molecular weight is 276 g/mol. The lowest BCUT2D eigenvalue weighted by molar-refractivity contribution is -0.113. The molecule has 0 amide bonds. The van der Waals surface area contributed by atoms with Gasteiger partial charge in [0.25, 0.3) is 0 Å². The smallest absolute Gasteiger partial charge is 0.108 e. The van der Waals surface area contributed by atoms with Crippen LogP contribution >= 0.6 is 0 Å². The van der Waals surface area contributed by atoms with Crippen LogP contribution in [0.2, 0.25) is 0 Å². The van der Waals surface area contributed by atoms with E-state index in [4.69, 9.17) is 19.4 Å². The Morgan fingerprint density at radius 2 is 0.700 bits per heavy atom. The zero-order valence-corrected chi connectivity index (χ0v) is 13.7. The maximum absolute atomic E-state index is 6.16. The van der Waals surface area contributed by atoms with Gasteiger partial charge in [-0.2, -0.15) is 0 Å². The third-order valence-corrected chi connectivity index (χ3v) is 4.20. The normalized spacial score (nSPS) is 27.2. The Bertz CT molecular complexity index is 500. The first kappa shape index (κ1) is 14.0. The number of ether oxygens (including phenoxy) is 2. The van der Waals surface area contributed by atoms with Crippen LogP contribution in [0.4, 0.5) is 0 Å². The Morgan fingerprint density at radius 3 is 0.900 bits per heavy atom. The van der Waals surface area contributed by atoms with Gasteiger partial charge < -0.3 is 9.47 Å². The highest BCUT2D eigenvalue weighted by molar-refractivity contribution is 5.38. The number of rotatable bonds is 0. The van der Waals surface area contributed by atoms with E-state index in [2.05, 4.69) is 55.4 Å². The van der Waals surface area contributed by atoms with Crippen molar-refractivity contribution in [3.8, 4) is 0 Å². The summed E-state index contributed by atoms with van der Waals surface area (Å²) in [4.78, 5) is 9.84. The summed E-state index contributed by atoms with van der Waals surface area (Å²) in [6, 6.07) is 0. The number of fused-ring (bicyclic) bond motifs is 2. The minimum absolute atomic E-state index is 0.413. The molecule has 20 heavy (non-hydrogen) atoms. The van der Waals surface area contributed by atoms with E-state index in [0.717, 1.165) is 22.8 Å². The van der Waals surface area contributed by atoms with Crippen LogP contribution in [0, 0.1) is 0 Å². The summed E-state index contributed by atoms with van der Waals surface area (Å²) >= 11 is 0. The maximum Gasteiger partial charge on any atom is 0.108 e. The molecule has 0 fully saturated rings. The predicted octanol–water partition coefficient (Wildman–Crippen LogP) is 3.48. The standard InChI is InChI=1S/C16H24N2O2/c1-13(2)9-10(14(3,4)19-13)18-12-11(17-9)15(5,6)20-16(12,7)8/h1-8H3. The van der Waals surface area contributed by atoms with Gasteiger partial charge in [0.05, 0.1) is 22.8 Å². The second-order valence-electron chi connectivity index (χ2n) is 7.86. The Kier molecular flexibility index (Phi) is 2.39. The molecule has 3 rings (SSSR count). The molecule has 4 heteroatoms. The molecule has 110 valence electrons.